The average molecular weight is 256 g/mol. The first-order valence-corrected chi connectivity index (χ1v) is 6.41. The quantitative estimate of drug-likeness (QED) is 0.911. The van der Waals surface area contributed by atoms with E-state index in [1.165, 1.54) is 5.56 Å². The minimum absolute atomic E-state index is 0.576. The maximum atomic E-state index is 5.14. The molecule has 2 aromatic heterocycles. The molecule has 0 saturated heterocycles. The largest absolute Gasteiger partial charge is 0.481 e. The number of aryl methyl sites for hydroxylation is 1. The molecule has 0 bridgehead atoms. The molecule has 0 spiro atoms. The van der Waals surface area contributed by atoms with Crippen molar-refractivity contribution < 1.29 is 4.74 Å². The molecule has 0 amide bonds. The fourth-order valence-electron chi connectivity index (χ4n) is 2.41. The SMILES string of the molecule is CNc1nc(-c2cccc(OC)n2)nc2c1CCC2. The number of fused-ring (bicyclic) bond motifs is 1. The Labute approximate surface area is 112 Å². The summed E-state index contributed by atoms with van der Waals surface area (Å²) >= 11 is 0. The standard InChI is InChI=1S/C14H16N4O/c1-15-13-9-5-3-6-10(9)17-14(18-13)11-7-4-8-12(16-11)19-2/h4,7-8H,3,5-6H2,1-2H3,(H,15,17,18). The highest BCUT2D eigenvalue weighted by atomic mass is 16.5. The molecule has 3 rings (SSSR count). The van der Waals surface area contributed by atoms with Crippen LogP contribution in [0.1, 0.15) is 17.7 Å². The number of hydrogen-bond donors (Lipinski definition) is 1. The van der Waals surface area contributed by atoms with E-state index in [1.54, 1.807) is 7.11 Å². The summed E-state index contributed by atoms with van der Waals surface area (Å²) in [7, 11) is 3.50. The summed E-state index contributed by atoms with van der Waals surface area (Å²) in [5, 5.41) is 3.16. The maximum absolute atomic E-state index is 5.14. The lowest BCUT2D eigenvalue weighted by Gasteiger charge is -2.09. The molecule has 0 aliphatic heterocycles. The fourth-order valence-corrected chi connectivity index (χ4v) is 2.41. The normalized spacial score (nSPS) is 13.2. The molecule has 2 aromatic rings. The topological polar surface area (TPSA) is 59.9 Å². The Hall–Kier alpha value is -2.17. The van der Waals surface area contributed by atoms with Gasteiger partial charge in [0, 0.05) is 24.4 Å². The molecular formula is C14H16N4O. The Morgan fingerprint density at radius 2 is 2.05 bits per heavy atom. The number of nitrogens with one attached hydrogen (secondary N) is 1. The van der Waals surface area contributed by atoms with Crippen molar-refractivity contribution in [2.24, 2.45) is 0 Å². The number of hydrogen-bond acceptors (Lipinski definition) is 5. The zero-order valence-corrected chi connectivity index (χ0v) is 11.1. The minimum Gasteiger partial charge on any atom is -0.481 e. The van der Waals surface area contributed by atoms with Crippen molar-refractivity contribution in [1.82, 2.24) is 15.0 Å². The van der Waals surface area contributed by atoms with Crippen LogP contribution in [0, 0.1) is 0 Å². The monoisotopic (exact) mass is 256 g/mol. The van der Waals surface area contributed by atoms with Crippen molar-refractivity contribution in [2.75, 3.05) is 19.5 Å². The molecule has 1 aliphatic carbocycles. The van der Waals surface area contributed by atoms with Crippen molar-refractivity contribution in [3.63, 3.8) is 0 Å². The molecule has 0 aromatic carbocycles. The first-order valence-electron chi connectivity index (χ1n) is 6.41. The summed E-state index contributed by atoms with van der Waals surface area (Å²) in [6, 6.07) is 5.62. The Kier molecular flexibility index (Phi) is 3.03. The second-order valence-electron chi connectivity index (χ2n) is 4.49. The minimum atomic E-state index is 0.576. The molecule has 0 saturated carbocycles. The summed E-state index contributed by atoms with van der Waals surface area (Å²) in [4.78, 5) is 13.6. The van der Waals surface area contributed by atoms with Crippen LogP contribution in [0.15, 0.2) is 18.2 Å². The van der Waals surface area contributed by atoms with E-state index in [0.29, 0.717) is 11.7 Å². The van der Waals surface area contributed by atoms with Gasteiger partial charge >= 0.3 is 0 Å². The van der Waals surface area contributed by atoms with E-state index in [1.807, 2.05) is 25.2 Å². The van der Waals surface area contributed by atoms with E-state index >= 15 is 0 Å². The van der Waals surface area contributed by atoms with Crippen LogP contribution in [-0.2, 0) is 12.8 Å². The van der Waals surface area contributed by atoms with Crippen LogP contribution in [-0.4, -0.2) is 29.1 Å². The third-order valence-corrected chi connectivity index (χ3v) is 3.33. The highest BCUT2D eigenvalue weighted by molar-refractivity contribution is 5.58. The predicted molar refractivity (Wildman–Crippen MR) is 73.4 cm³/mol. The van der Waals surface area contributed by atoms with Gasteiger partial charge in [-0.2, -0.15) is 0 Å². The second kappa shape index (κ2) is 4.84. The molecule has 0 fully saturated rings. The Balaban J connectivity index is 2.10. The van der Waals surface area contributed by atoms with Gasteiger partial charge in [0.2, 0.25) is 5.88 Å². The van der Waals surface area contributed by atoms with Gasteiger partial charge in [-0.05, 0) is 25.3 Å². The van der Waals surface area contributed by atoms with Crippen molar-refractivity contribution in [3.05, 3.63) is 29.5 Å². The molecular weight excluding hydrogens is 240 g/mol. The molecule has 19 heavy (non-hydrogen) atoms. The molecule has 1 N–H and O–H groups in total. The lowest BCUT2D eigenvalue weighted by Crippen LogP contribution is -2.04. The predicted octanol–water partition coefficient (Wildman–Crippen LogP) is 2.08. The number of aromatic nitrogens is 3. The van der Waals surface area contributed by atoms with Crippen molar-refractivity contribution >= 4 is 5.82 Å². The van der Waals surface area contributed by atoms with Gasteiger partial charge in [0.15, 0.2) is 5.82 Å². The molecule has 98 valence electrons. The van der Waals surface area contributed by atoms with Crippen LogP contribution in [0.5, 0.6) is 5.88 Å². The molecule has 5 heteroatoms. The molecule has 0 unspecified atom stereocenters. The van der Waals surface area contributed by atoms with Crippen molar-refractivity contribution in [3.8, 4) is 17.4 Å². The smallest absolute Gasteiger partial charge is 0.213 e. The highest BCUT2D eigenvalue weighted by Gasteiger charge is 2.19. The van der Waals surface area contributed by atoms with E-state index in [0.717, 1.165) is 36.5 Å². The zero-order valence-electron chi connectivity index (χ0n) is 11.1. The molecule has 1 aliphatic rings. The molecule has 0 radical (unpaired) electrons. The van der Waals surface area contributed by atoms with Gasteiger partial charge in [-0.1, -0.05) is 6.07 Å². The number of methoxy groups -OCH3 is 1. The maximum Gasteiger partial charge on any atom is 0.213 e. The highest BCUT2D eigenvalue weighted by Crippen LogP contribution is 2.28. The lowest BCUT2D eigenvalue weighted by molar-refractivity contribution is 0.398. The lowest BCUT2D eigenvalue weighted by atomic mass is 10.2. The Bertz CT molecular complexity index is 612. The van der Waals surface area contributed by atoms with E-state index in [2.05, 4.69) is 20.3 Å². The van der Waals surface area contributed by atoms with Crippen LogP contribution in [0.25, 0.3) is 11.5 Å². The third kappa shape index (κ3) is 2.12. The van der Waals surface area contributed by atoms with Gasteiger partial charge < -0.3 is 10.1 Å². The summed E-state index contributed by atoms with van der Waals surface area (Å²) in [5.41, 5.74) is 3.12. The number of anilines is 1. The van der Waals surface area contributed by atoms with E-state index < -0.39 is 0 Å². The molecule has 2 heterocycles. The summed E-state index contributed by atoms with van der Waals surface area (Å²) in [6.07, 6.45) is 3.22. The summed E-state index contributed by atoms with van der Waals surface area (Å²) in [5.74, 6) is 2.15. The van der Waals surface area contributed by atoms with Gasteiger partial charge in [-0.25, -0.2) is 15.0 Å². The summed E-state index contributed by atoms with van der Waals surface area (Å²) in [6.45, 7) is 0. The van der Waals surface area contributed by atoms with Crippen LogP contribution < -0.4 is 10.1 Å². The van der Waals surface area contributed by atoms with Crippen molar-refractivity contribution in [2.45, 2.75) is 19.3 Å². The second-order valence-corrected chi connectivity index (χ2v) is 4.49. The van der Waals surface area contributed by atoms with E-state index in [4.69, 9.17) is 4.74 Å². The van der Waals surface area contributed by atoms with Crippen LogP contribution in [0.2, 0.25) is 0 Å². The van der Waals surface area contributed by atoms with Crippen molar-refractivity contribution in [1.29, 1.82) is 0 Å². The van der Waals surface area contributed by atoms with Gasteiger partial charge in [0.25, 0.3) is 0 Å². The molecule has 5 nitrogen and oxygen atoms in total. The van der Waals surface area contributed by atoms with Gasteiger partial charge in [-0.3, -0.25) is 0 Å². The molecule has 0 atom stereocenters. The van der Waals surface area contributed by atoms with Gasteiger partial charge in [-0.15, -0.1) is 0 Å². The first kappa shape index (κ1) is 11.9. The summed E-state index contributed by atoms with van der Waals surface area (Å²) < 4.78 is 5.14. The number of nitrogens with zero attached hydrogens (tertiary/aromatic N) is 3. The zero-order chi connectivity index (χ0) is 13.2. The van der Waals surface area contributed by atoms with E-state index in [9.17, 15) is 0 Å². The van der Waals surface area contributed by atoms with Crippen LogP contribution >= 0.6 is 0 Å². The van der Waals surface area contributed by atoms with Crippen LogP contribution in [0.3, 0.4) is 0 Å². The fraction of sp³-hybridized carbons (Fsp3) is 0.357. The number of rotatable bonds is 3. The first-order chi connectivity index (χ1) is 9.31. The Morgan fingerprint density at radius 1 is 1.16 bits per heavy atom. The van der Waals surface area contributed by atoms with E-state index in [-0.39, 0.29) is 0 Å². The van der Waals surface area contributed by atoms with Gasteiger partial charge in [0.1, 0.15) is 11.5 Å². The average Bonchev–Trinajstić information content (AvgIpc) is 2.94. The third-order valence-electron chi connectivity index (χ3n) is 3.33. The van der Waals surface area contributed by atoms with Gasteiger partial charge in [0.05, 0.1) is 7.11 Å². The van der Waals surface area contributed by atoms with Crippen LogP contribution in [0.4, 0.5) is 5.82 Å². The number of pyridine rings is 1. The Morgan fingerprint density at radius 3 is 2.84 bits per heavy atom. The number of ether oxygens (including phenoxy) is 1.